The summed E-state index contributed by atoms with van der Waals surface area (Å²) in [4.78, 5) is 27.6. The lowest BCUT2D eigenvalue weighted by molar-refractivity contribution is -0.112. The van der Waals surface area contributed by atoms with E-state index in [1.165, 1.54) is 17.0 Å². The van der Waals surface area contributed by atoms with Crippen LogP contribution in [-0.2, 0) is 4.79 Å². The number of carbonyl (C=O) groups excluding carboxylic acids is 2. The number of imide groups is 1. The zero-order valence-corrected chi connectivity index (χ0v) is 14.6. The first-order valence-electron chi connectivity index (χ1n) is 8.57. The van der Waals surface area contributed by atoms with Crippen molar-refractivity contribution in [1.82, 2.24) is 0 Å². The number of halogens is 1. The molecule has 0 saturated carbocycles. The number of rotatable bonds is 2. The van der Waals surface area contributed by atoms with Crippen LogP contribution in [-0.4, -0.2) is 11.8 Å². The second-order valence-electron chi connectivity index (χ2n) is 6.39. The molecule has 3 aromatic rings. The number of amides is 2. The van der Waals surface area contributed by atoms with Gasteiger partial charge in [-0.3, -0.25) is 9.59 Å². The molecule has 3 nitrogen and oxygen atoms in total. The van der Waals surface area contributed by atoms with Crippen LogP contribution in [0.2, 0.25) is 0 Å². The first-order valence-corrected chi connectivity index (χ1v) is 8.57. The van der Waals surface area contributed by atoms with Crippen molar-refractivity contribution in [2.75, 3.05) is 4.90 Å². The Morgan fingerprint density at radius 3 is 2.11 bits per heavy atom. The van der Waals surface area contributed by atoms with Gasteiger partial charge in [0.15, 0.2) is 0 Å². The van der Waals surface area contributed by atoms with Crippen LogP contribution in [0.3, 0.4) is 0 Å². The molecule has 0 spiro atoms. The third-order valence-electron chi connectivity index (χ3n) is 4.62. The van der Waals surface area contributed by atoms with E-state index in [4.69, 9.17) is 0 Å². The van der Waals surface area contributed by atoms with Gasteiger partial charge in [-0.25, -0.2) is 9.29 Å². The Hall–Kier alpha value is -3.53. The summed E-state index contributed by atoms with van der Waals surface area (Å²) in [6.07, 6.45) is 1.69. The number of nitrogens with zero attached hydrogens (tertiary/aromatic N) is 1. The third-order valence-corrected chi connectivity index (χ3v) is 4.62. The van der Waals surface area contributed by atoms with E-state index < -0.39 is 5.91 Å². The van der Waals surface area contributed by atoms with Gasteiger partial charge in [-0.2, -0.15) is 0 Å². The van der Waals surface area contributed by atoms with Gasteiger partial charge in [-0.05, 0) is 54.0 Å². The van der Waals surface area contributed by atoms with Gasteiger partial charge in [0.1, 0.15) is 5.82 Å². The van der Waals surface area contributed by atoms with E-state index in [0.717, 1.165) is 5.56 Å². The monoisotopic (exact) mass is 357 g/mol. The molecule has 0 saturated heterocycles. The van der Waals surface area contributed by atoms with E-state index in [9.17, 15) is 14.0 Å². The fraction of sp³-hybridized carbons (Fsp3) is 0.0435. The van der Waals surface area contributed by atoms with E-state index in [0.29, 0.717) is 28.0 Å². The van der Waals surface area contributed by atoms with Gasteiger partial charge in [-0.1, -0.05) is 48.5 Å². The van der Waals surface area contributed by atoms with Gasteiger partial charge < -0.3 is 0 Å². The Balaban J connectivity index is 1.91. The number of carbonyl (C=O) groups is 2. The molecule has 0 fully saturated rings. The summed E-state index contributed by atoms with van der Waals surface area (Å²) in [5.41, 5.74) is 3.54. The topological polar surface area (TPSA) is 37.4 Å². The van der Waals surface area contributed by atoms with E-state index >= 15 is 0 Å². The molecule has 1 heterocycles. The fourth-order valence-electron chi connectivity index (χ4n) is 3.25. The van der Waals surface area contributed by atoms with E-state index in [1.54, 1.807) is 54.6 Å². The van der Waals surface area contributed by atoms with Gasteiger partial charge in [0.25, 0.3) is 11.8 Å². The largest absolute Gasteiger partial charge is 0.268 e. The van der Waals surface area contributed by atoms with Gasteiger partial charge in [-0.15, -0.1) is 0 Å². The molecule has 0 aromatic heterocycles. The van der Waals surface area contributed by atoms with Crippen molar-refractivity contribution in [3.63, 3.8) is 0 Å². The molecule has 27 heavy (non-hydrogen) atoms. The predicted octanol–water partition coefficient (Wildman–Crippen LogP) is 4.86. The van der Waals surface area contributed by atoms with Crippen LogP contribution in [0.25, 0.3) is 11.6 Å². The molecule has 3 aromatic carbocycles. The number of benzene rings is 3. The summed E-state index contributed by atoms with van der Waals surface area (Å²) in [6, 6.07) is 20.2. The maximum absolute atomic E-state index is 13.3. The zero-order chi connectivity index (χ0) is 19.0. The molecule has 2 amide bonds. The van der Waals surface area contributed by atoms with E-state index in [2.05, 4.69) is 0 Å². The number of anilines is 1. The summed E-state index contributed by atoms with van der Waals surface area (Å²) >= 11 is 0. The van der Waals surface area contributed by atoms with Gasteiger partial charge in [0.2, 0.25) is 0 Å². The fourth-order valence-corrected chi connectivity index (χ4v) is 3.25. The van der Waals surface area contributed by atoms with Crippen LogP contribution in [0.1, 0.15) is 27.0 Å². The Labute approximate surface area is 156 Å². The molecule has 132 valence electrons. The molecule has 0 aliphatic carbocycles. The van der Waals surface area contributed by atoms with Crippen molar-refractivity contribution in [2.45, 2.75) is 6.92 Å². The highest BCUT2D eigenvalue weighted by Crippen LogP contribution is 2.34. The van der Waals surface area contributed by atoms with Crippen LogP contribution in [0.15, 0.2) is 72.8 Å². The van der Waals surface area contributed by atoms with Crippen LogP contribution >= 0.6 is 0 Å². The predicted molar refractivity (Wildman–Crippen MR) is 104 cm³/mol. The number of para-hydroxylation sites is 1. The van der Waals surface area contributed by atoms with Crippen LogP contribution in [0.5, 0.6) is 0 Å². The normalized spacial score (nSPS) is 15.2. The second kappa shape index (κ2) is 6.65. The average molecular weight is 357 g/mol. The van der Waals surface area contributed by atoms with Crippen molar-refractivity contribution in [3.05, 3.63) is 101 Å². The summed E-state index contributed by atoms with van der Waals surface area (Å²) < 4.78 is 13.2. The minimum absolute atomic E-state index is 0.343. The molecule has 0 atom stereocenters. The van der Waals surface area contributed by atoms with E-state index in [-0.39, 0.29) is 11.7 Å². The maximum Gasteiger partial charge on any atom is 0.265 e. The molecule has 0 N–H and O–H groups in total. The number of hydrogen-bond acceptors (Lipinski definition) is 2. The van der Waals surface area contributed by atoms with Gasteiger partial charge >= 0.3 is 0 Å². The molecule has 4 heteroatoms. The third kappa shape index (κ3) is 2.95. The number of aryl methyl sites for hydroxylation is 1. The van der Waals surface area contributed by atoms with E-state index in [1.807, 2.05) is 19.1 Å². The molecule has 4 rings (SSSR count). The lowest BCUT2D eigenvalue weighted by Crippen LogP contribution is -2.42. The summed E-state index contributed by atoms with van der Waals surface area (Å²) in [5.74, 6) is -1.08. The minimum atomic E-state index is -0.391. The first-order chi connectivity index (χ1) is 13.1. The highest BCUT2D eigenvalue weighted by atomic mass is 19.1. The van der Waals surface area contributed by atoms with Crippen LogP contribution in [0.4, 0.5) is 10.1 Å². The molecule has 0 unspecified atom stereocenters. The second-order valence-corrected chi connectivity index (χ2v) is 6.39. The minimum Gasteiger partial charge on any atom is -0.268 e. The maximum atomic E-state index is 13.3. The first kappa shape index (κ1) is 16.9. The quantitative estimate of drug-likeness (QED) is 0.485. The SMILES string of the molecule is Cc1ccccc1N1C(=O)/C(=C\c2ccc(F)cc2)c2ccccc2C1=O. The lowest BCUT2D eigenvalue weighted by Gasteiger charge is -2.29. The van der Waals surface area contributed by atoms with Gasteiger partial charge in [0, 0.05) is 11.1 Å². The van der Waals surface area contributed by atoms with Gasteiger partial charge in [0.05, 0.1) is 5.69 Å². The van der Waals surface area contributed by atoms with Crippen molar-refractivity contribution < 1.29 is 14.0 Å². The Morgan fingerprint density at radius 1 is 0.778 bits per heavy atom. The standard InChI is InChI=1S/C23H16FNO2/c1-15-6-2-5-9-21(15)25-22(26)19-8-4-3-7-18(19)20(23(25)27)14-16-10-12-17(24)13-11-16/h2-14H,1H3/b20-14-. The average Bonchev–Trinajstić information content (AvgIpc) is 2.68. The zero-order valence-electron chi connectivity index (χ0n) is 14.6. The molecular formula is C23H16FNO2. The summed E-state index contributed by atoms with van der Waals surface area (Å²) in [5, 5.41) is 0. The Kier molecular flexibility index (Phi) is 4.16. The Bertz CT molecular complexity index is 1080. The highest BCUT2D eigenvalue weighted by Gasteiger charge is 2.36. The summed E-state index contributed by atoms with van der Waals surface area (Å²) in [7, 11) is 0. The van der Waals surface area contributed by atoms with Crippen molar-refractivity contribution in [2.24, 2.45) is 0 Å². The van der Waals surface area contributed by atoms with Crippen LogP contribution in [0, 0.1) is 12.7 Å². The lowest BCUT2D eigenvalue weighted by atomic mass is 9.91. The van der Waals surface area contributed by atoms with Crippen molar-refractivity contribution >= 4 is 29.2 Å². The number of hydrogen-bond donors (Lipinski definition) is 0. The summed E-state index contributed by atoms with van der Waals surface area (Å²) in [6.45, 7) is 1.86. The highest BCUT2D eigenvalue weighted by molar-refractivity contribution is 6.43. The molecule has 1 aliphatic rings. The van der Waals surface area contributed by atoms with Crippen molar-refractivity contribution in [3.8, 4) is 0 Å². The van der Waals surface area contributed by atoms with Crippen molar-refractivity contribution in [1.29, 1.82) is 0 Å². The molecule has 1 aliphatic heterocycles. The smallest absolute Gasteiger partial charge is 0.265 e. The van der Waals surface area contributed by atoms with Crippen LogP contribution < -0.4 is 4.90 Å². The Morgan fingerprint density at radius 2 is 1.41 bits per heavy atom. The number of fused-ring (bicyclic) bond motifs is 1. The molecular weight excluding hydrogens is 341 g/mol. The molecule has 0 bridgehead atoms. The molecule has 0 radical (unpaired) electrons.